The van der Waals surface area contributed by atoms with Crippen LogP contribution in [0.15, 0.2) is 30.6 Å². The maximum atomic E-state index is 14.4. The highest BCUT2D eigenvalue weighted by molar-refractivity contribution is 6.07. The lowest BCUT2D eigenvalue weighted by Crippen LogP contribution is -2.09. The summed E-state index contributed by atoms with van der Waals surface area (Å²) in [5.74, 6) is 0.754. The van der Waals surface area contributed by atoms with Crippen LogP contribution in [0.25, 0.3) is 11.7 Å². The lowest BCUT2D eigenvalue weighted by molar-refractivity contribution is 0.356. The summed E-state index contributed by atoms with van der Waals surface area (Å²) in [5.41, 5.74) is 2.30. The number of hydrogen-bond acceptors (Lipinski definition) is 7. The van der Waals surface area contributed by atoms with Gasteiger partial charge in [0.15, 0.2) is 5.69 Å². The molecule has 0 spiro atoms. The fraction of sp³-hybridized carbons (Fsp3) is 0.150. The number of allylic oxidation sites excluding steroid dienone is 1. The lowest BCUT2D eigenvalue weighted by atomic mass is 10.0. The lowest BCUT2D eigenvalue weighted by Gasteiger charge is -2.12. The summed E-state index contributed by atoms with van der Waals surface area (Å²) in [6, 6.07) is 6.71. The third kappa shape index (κ3) is 3.37. The van der Waals surface area contributed by atoms with Crippen LogP contribution >= 0.6 is 0 Å². The average molecular weight is 387 g/mol. The fourth-order valence-corrected chi connectivity index (χ4v) is 3.18. The molecule has 0 saturated carbocycles. The van der Waals surface area contributed by atoms with Crippen molar-refractivity contribution in [3.8, 4) is 17.9 Å². The van der Waals surface area contributed by atoms with Crippen molar-refractivity contribution >= 4 is 23.4 Å². The summed E-state index contributed by atoms with van der Waals surface area (Å²) in [4.78, 5) is 8.59. The maximum Gasteiger partial charge on any atom is 0.208 e. The number of benzene rings is 1. The molecular formula is C20H14FN7O. The second-order valence-corrected chi connectivity index (χ2v) is 6.28. The van der Waals surface area contributed by atoms with Gasteiger partial charge in [-0.05, 0) is 24.3 Å². The van der Waals surface area contributed by atoms with Crippen LogP contribution in [0.1, 0.15) is 22.4 Å². The number of anilines is 1. The van der Waals surface area contributed by atoms with E-state index in [9.17, 15) is 9.65 Å². The molecule has 0 unspecified atom stereocenters. The zero-order valence-electron chi connectivity index (χ0n) is 15.1. The summed E-state index contributed by atoms with van der Waals surface area (Å²) in [6.45, 7) is 0.717. The molecule has 1 aliphatic rings. The number of rotatable bonds is 5. The average Bonchev–Trinajstić information content (AvgIpc) is 3.38. The van der Waals surface area contributed by atoms with Gasteiger partial charge in [0.05, 0.1) is 12.8 Å². The van der Waals surface area contributed by atoms with Crippen LogP contribution in [0.4, 0.5) is 10.3 Å². The smallest absolute Gasteiger partial charge is 0.208 e. The van der Waals surface area contributed by atoms with E-state index in [0.29, 0.717) is 41.5 Å². The van der Waals surface area contributed by atoms with Crippen molar-refractivity contribution in [2.75, 3.05) is 11.9 Å². The SMILES string of the molecule is N#CC(=N)/C=C/c1cnc(NCc2c(F)ccc3c2CCO3)n2cc(C#N)nc12. The van der Waals surface area contributed by atoms with E-state index >= 15 is 0 Å². The molecule has 0 amide bonds. The molecule has 3 aromatic rings. The van der Waals surface area contributed by atoms with E-state index in [1.807, 2.05) is 6.07 Å². The number of nitrogens with one attached hydrogen (secondary N) is 2. The summed E-state index contributed by atoms with van der Waals surface area (Å²) in [6.07, 6.45) is 6.54. The van der Waals surface area contributed by atoms with Crippen LogP contribution in [0.2, 0.25) is 0 Å². The van der Waals surface area contributed by atoms with Crippen molar-refractivity contribution in [3.05, 3.63) is 58.8 Å². The van der Waals surface area contributed by atoms with Crippen molar-refractivity contribution in [1.29, 1.82) is 15.9 Å². The van der Waals surface area contributed by atoms with E-state index in [4.69, 9.17) is 15.4 Å². The number of imidazole rings is 1. The highest BCUT2D eigenvalue weighted by Crippen LogP contribution is 2.30. The summed E-state index contributed by atoms with van der Waals surface area (Å²) in [7, 11) is 0. The summed E-state index contributed by atoms with van der Waals surface area (Å²) in [5, 5.41) is 28.4. The van der Waals surface area contributed by atoms with Crippen molar-refractivity contribution in [2.24, 2.45) is 0 Å². The van der Waals surface area contributed by atoms with E-state index in [2.05, 4.69) is 15.3 Å². The van der Waals surface area contributed by atoms with Crippen molar-refractivity contribution in [3.63, 3.8) is 0 Å². The minimum Gasteiger partial charge on any atom is -0.493 e. The zero-order chi connectivity index (χ0) is 20.4. The van der Waals surface area contributed by atoms with Crippen molar-refractivity contribution < 1.29 is 9.13 Å². The van der Waals surface area contributed by atoms with Gasteiger partial charge >= 0.3 is 0 Å². The van der Waals surface area contributed by atoms with Gasteiger partial charge in [-0.1, -0.05) is 0 Å². The number of ether oxygens (including phenoxy) is 1. The Labute approximate surface area is 165 Å². The highest BCUT2D eigenvalue weighted by Gasteiger charge is 2.20. The van der Waals surface area contributed by atoms with E-state index in [1.165, 1.54) is 30.6 Å². The molecule has 4 rings (SSSR count). The fourth-order valence-electron chi connectivity index (χ4n) is 3.18. The zero-order valence-corrected chi connectivity index (χ0v) is 15.1. The summed E-state index contributed by atoms with van der Waals surface area (Å²) >= 11 is 0. The third-order valence-corrected chi connectivity index (χ3v) is 4.55. The van der Waals surface area contributed by atoms with Gasteiger partial charge in [0.25, 0.3) is 0 Å². The van der Waals surface area contributed by atoms with Crippen molar-refractivity contribution in [2.45, 2.75) is 13.0 Å². The van der Waals surface area contributed by atoms with Gasteiger partial charge in [-0.3, -0.25) is 9.81 Å². The molecule has 0 atom stereocenters. The van der Waals surface area contributed by atoms with Crippen LogP contribution in [0.5, 0.6) is 5.75 Å². The van der Waals surface area contributed by atoms with Crippen LogP contribution in [-0.2, 0) is 13.0 Å². The van der Waals surface area contributed by atoms with E-state index in [0.717, 1.165) is 5.56 Å². The molecule has 0 aliphatic carbocycles. The first kappa shape index (κ1) is 18.1. The van der Waals surface area contributed by atoms with Crippen LogP contribution in [-0.4, -0.2) is 26.7 Å². The van der Waals surface area contributed by atoms with Gasteiger partial charge in [-0.15, -0.1) is 0 Å². The largest absolute Gasteiger partial charge is 0.493 e. The molecule has 1 aliphatic heterocycles. The highest BCUT2D eigenvalue weighted by atomic mass is 19.1. The predicted octanol–water partition coefficient (Wildman–Crippen LogP) is 2.84. The minimum absolute atomic E-state index is 0.186. The molecule has 1 aromatic carbocycles. The molecule has 8 nitrogen and oxygen atoms in total. The third-order valence-electron chi connectivity index (χ3n) is 4.55. The van der Waals surface area contributed by atoms with Gasteiger partial charge < -0.3 is 10.1 Å². The molecule has 3 heterocycles. The molecule has 9 heteroatoms. The van der Waals surface area contributed by atoms with Gasteiger partial charge in [0.1, 0.15) is 35.1 Å². The molecule has 0 radical (unpaired) electrons. The Balaban J connectivity index is 1.69. The molecule has 29 heavy (non-hydrogen) atoms. The second kappa shape index (κ2) is 7.41. The Hall–Kier alpha value is -4.24. The number of halogens is 1. The number of nitrogens with zero attached hydrogens (tertiary/aromatic N) is 5. The van der Waals surface area contributed by atoms with E-state index < -0.39 is 0 Å². The molecule has 0 saturated heterocycles. The normalized spacial score (nSPS) is 12.4. The summed E-state index contributed by atoms with van der Waals surface area (Å²) < 4.78 is 21.4. The van der Waals surface area contributed by atoms with Gasteiger partial charge in [-0.25, -0.2) is 14.4 Å². The molecular weight excluding hydrogens is 373 g/mol. The monoisotopic (exact) mass is 387 g/mol. The molecule has 0 fully saturated rings. The topological polar surface area (TPSA) is 123 Å². The maximum absolute atomic E-state index is 14.4. The quantitative estimate of drug-likeness (QED) is 0.649. The second-order valence-electron chi connectivity index (χ2n) is 6.28. The Morgan fingerprint density at radius 2 is 2.28 bits per heavy atom. The van der Waals surface area contributed by atoms with Crippen LogP contribution in [0, 0.1) is 33.9 Å². The molecule has 2 aromatic heterocycles. The first-order valence-electron chi connectivity index (χ1n) is 8.72. The Morgan fingerprint density at radius 1 is 1.41 bits per heavy atom. The molecule has 142 valence electrons. The molecule has 2 N–H and O–H groups in total. The van der Waals surface area contributed by atoms with E-state index in [-0.39, 0.29) is 23.8 Å². The number of fused-ring (bicyclic) bond motifs is 2. The predicted molar refractivity (Wildman–Crippen MR) is 103 cm³/mol. The van der Waals surface area contributed by atoms with E-state index in [1.54, 1.807) is 16.5 Å². The van der Waals surface area contributed by atoms with Crippen LogP contribution < -0.4 is 10.1 Å². The number of hydrogen-bond donors (Lipinski definition) is 2. The number of nitriles is 2. The van der Waals surface area contributed by atoms with Crippen molar-refractivity contribution in [1.82, 2.24) is 14.4 Å². The van der Waals surface area contributed by atoms with Gasteiger partial charge in [-0.2, -0.15) is 10.5 Å². The molecule has 0 bridgehead atoms. The minimum atomic E-state index is -0.323. The first-order chi connectivity index (χ1) is 14.1. The van der Waals surface area contributed by atoms with Crippen LogP contribution in [0.3, 0.4) is 0 Å². The number of aromatic nitrogens is 3. The van der Waals surface area contributed by atoms with Gasteiger partial charge in [0, 0.05) is 35.9 Å². The first-order valence-corrected chi connectivity index (χ1v) is 8.72. The Bertz CT molecular complexity index is 1250. The standard InChI is InChI=1S/C20H14FN7O/c21-17-3-4-18-15(5-6-29-18)16(17)10-26-20-25-9-12(1-2-13(24)7-22)19-27-14(8-23)11-28(19)20/h1-4,9,11,24H,5-6,10H2,(H,25,26)/b2-1+,24-13?. The van der Waals surface area contributed by atoms with Gasteiger partial charge in [0.2, 0.25) is 5.95 Å². The Morgan fingerprint density at radius 3 is 3.07 bits per heavy atom. The Kier molecular flexibility index (Phi) is 4.63.